The molecule has 2 aliphatic carbocycles. The van der Waals surface area contributed by atoms with Gasteiger partial charge in [0.2, 0.25) is 0 Å². The van der Waals surface area contributed by atoms with Gasteiger partial charge in [0.15, 0.2) is 0 Å². The first-order valence-electron chi connectivity index (χ1n) is 5.28. The first kappa shape index (κ1) is 9.75. The van der Waals surface area contributed by atoms with E-state index in [9.17, 15) is 4.79 Å². The molecule has 0 heterocycles. The molecule has 2 heteroatoms. The first-order chi connectivity index (χ1) is 6.38. The van der Waals surface area contributed by atoms with Gasteiger partial charge in [-0.3, -0.25) is 4.79 Å². The summed E-state index contributed by atoms with van der Waals surface area (Å²) < 4.78 is 5.50. The molecule has 0 spiro atoms. The Morgan fingerprint density at radius 1 is 1.57 bits per heavy atom. The van der Waals surface area contributed by atoms with Crippen LogP contribution >= 0.6 is 0 Å². The number of fused-ring (bicyclic) bond motifs is 2. The molecule has 2 unspecified atom stereocenters. The molecule has 2 rings (SSSR count). The van der Waals surface area contributed by atoms with Gasteiger partial charge in [-0.1, -0.05) is 20.4 Å². The van der Waals surface area contributed by atoms with E-state index in [4.69, 9.17) is 4.74 Å². The molecule has 0 aromatic heterocycles. The van der Waals surface area contributed by atoms with Crippen molar-refractivity contribution in [3.63, 3.8) is 0 Å². The SMILES string of the molecule is C=C1C2(OC(C)=O)CCC(C2)C1(C)C. The van der Waals surface area contributed by atoms with Crippen molar-refractivity contribution in [3.8, 4) is 0 Å². The predicted octanol–water partition coefficient (Wildman–Crippen LogP) is 2.68. The third-order valence-electron chi connectivity index (χ3n) is 4.16. The van der Waals surface area contributed by atoms with Gasteiger partial charge in [0.1, 0.15) is 5.60 Å². The summed E-state index contributed by atoms with van der Waals surface area (Å²) in [5, 5.41) is 0. The summed E-state index contributed by atoms with van der Waals surface area (Å²) in [5.74, 6) is 0.471. The van der Waals surface area contributed by atoms with Gasteiger partial charge in [0.05, 0.1) is 0 Å². The maximum Gasteiger partial charge on any atom is 0.303 e. The predicted molar refractivity (Wildman–Crippen MR) is 54.8 cm³/mol. The third-order valence-corrected chi connectivity index (χ3v) is 4.16. The quantitative estimate of drug-likeness (QED) is 0.474. The summed E-state index contributed by atoms with van der Waals surface area (Å²) in [6.45, 7) is 10.0. The van der Waals surface area contributed by atoms with E-state index in [1.807, 2.05) is 0 Å². The summed E-state index contributed by atoms with van der Waals surface area (Å²) >= 11 is 0. The smallest absolute Gasteiger partial charge is 0.303 e. The Balaban J connectivity index is 2.30. The van der Waals surface area contributed by atoms with Crippen molar-refractivity contribution >= 4 is 5.97 Å². The van der Waals surface area contributed by atoms with E-state index >= 15 is 0 Å². The van der Waals surface area contributed by atoms with Gasteiger partial charge >= 0.3 is 5.97 Å². The Bertz CT molecular complexity index is 303. The van der Waals surface area contributed by atoms with Crippen molar-refractivity contribution in [2.24, 2.45) is 11.3 Å². The fourth-order valence-corrected chi connectivity index (χ4v) is 3.16. The van der Waals surface area contributed by atoms with E-state index in [1.165, 1.54) is 13.3 Å². The fourth-order valence-electron chi connectivity index (χ4n) is 3.16. The average Bonchev–Trinajstić information content (AvgIpc) is 2.52. The highest BCUT2D eigenvalue weighted by molar-refractivity contribution is 5.67. The first-order valence-corrected chi connectivity index (χ1v) is 5.28. The van der Waals surface area contributed by atoms with Crippen molar-refractivity contribution < 1.29 is 9.53 Å². The minimum atomic E-state index is -0.319. The summed E-state index contributed by atoms with van der Waals surface area (Å²) in [6.07, 6.45) is 3.12. The summed E-state index contributed by atoms with van der Waals surface area (Å²) in [4.78, 5) is 11.1. The molecule has 0 amide bonds. The molecule has 0 saturated heterocycles. The van der Waals surface area contributed by atoms with Crippen molar-refractivity contribution in [2.75, 3.05) is 0 Å². The molecule has 78 valence electrons. The molecule has 2 saturated carbocycles. The van der Waals surface area contributed by atoms with Gasteiger partial charge in [0, 0.05) is 6.92 Å². The highest BCUT2D eigenvalue weighted by atomic mass is 16.6. The van der Waals surface area contributed by atoms with Crippen LogP contribution in [-0.2, 0) is 9.53 Å². The van der Waals surface area contributed by atoms with Crippen molar-refractivity contribution in [1.29, 1.82) is 0 Å². The Labute approximate surface area is 85.3 Å². The molecular formula is C12H18O2. The van der Waals surface area contributed by atoms with Gasteiger partial charge in [-0.05, 0) is 36.2 Å². The van der Waals surface area contributed by atoms with E-state index in [0.29, 0.717) is 5.92 Å². The molecule has 2 nitrogen and oxygen atoms in total. The lowest BCUT2D eigenvalue weighted by molar-refractivity contribution is -0.152. The lowest BCUT2D eigenvalue weighted by Crippen LogP contribution is -2.36. The van der Waals surface area contributed by atoms with Crippen LogP contribution < -0.4 is 0 Å². The van der Waals surface area contributed by atoms with Gasteiger partial charge in [-0.25, -0.2) is 0 Å². The van der Waals surface area contributed by atoms with Crippen LogP contribution in [0.15, 0.2) is 12.2 Å². The minimum absolute atomic E-state index is 0.147. The van der Waals surface area contributed by atoms with Crippen molar-refractivity contribution in [3.05, 3.63) is 12.2 Å². The van der Waals surface area contributed by atoms with Crippen LogP contribution in [0.25, 0.3) is 0 Å². The van der Waals surface area contributed by atoms with Crippen LogP contribution in [0.1, 0.15) is 40.0 Å². The zero-order chi connectivity index (χ0) is 10.6. The Morgan fingerprint density at radius 2 is 2.21 bits per heavy atom. The molecule has 2 atom stereocenters. The normalized spacial score (nSPS) is 38.8. The zero-order valence-electron chi connectivity index (χ0n) is 9.22. The van der Waals surface area contributed by atoms with Crippen LogP contribution in [-0.4, -0.2) is 11.6 Å². The molecule has 0 radical (unpaired) electrons. The molecule has 14 heavy (non-hydrogen) atoms. The lowest BCUT2D eigenvalue weighted by atomic mass is 9.72. The second-order valence-electron chi connectivity index (χ2n) is 5.23. The van der Waals surface area contributed by atoms with Gasteiger partial charge in [-0.15, -0.1) is 0 Å². The highest BCUT2D eigenvalue weighted by Gasteiger charge is 2.59. The molecule has 0 N–H and O–H groups in total. The molecule has 0 aliphatic heterocycles. The number of hydrogen-bond acceptors (Lipinski definition) is 2. The third kappa shape index (κ3) is 1.06. The zero-order valence-corrected chi connectivity index (χ0v) is 9.22. The second kappa shape index (κ2) is 2.62. The second-order valence-corrected chi connectivity index (χ2v) is 5.23. The van der Waals surface area contributed by atoms with Crippen LogP contribution in [0.5, 0.6) is 0 Å². The Morgan fingerprint density at radius 3 is 2.64 bits per heavy atom. The number of hydrogen-bond donors (Lipinski definition) is 0. The van der Waals surface area contributed by atoms with Crippen LogP contribution in [0, 0.1) is 11.3 Å². The van der Waals surface area contributed by atoms with Crippen molar-refractivity contribution in [2.45, 2.75) is 45.6 Å². The van der Waals surface area contributed by atoms with E-state index in [0.717, 1.165) is 18.4 Å². The highest BCUT2D eigenvalue weighted by Crippen LogP contribution is 2.62. The lowest BCUT2D eigenvalue weighted by Gasteiger charge is -2.37. The largest absolute Gasteiger partial charge is 0.455 e. The van der Waals surface area contributed by atoms with Gasteiger partial charge in [0.25, 0.3) is 0 Å². The molecule has 0 aromatic carbocycles. The number of ether oxygens (including phenoxy) is 1. The van der Waals surface area contributed by atoms with Crippen molar-refractivity contribution in [1.82, 2.24) is 0 Å². The number of esters is 1. The van der Waals surface area contributed by atoms with E-state index in [2.05, 4.69) is 20.4 Å². The van der Waals surface area contributed by atoms with E-state index in [1.54, 1.807) is 0 Å². The minimum Gasteiger partial charge on any atom is -0.455 e. The fraction of sp³-hybridized carbons (Fsp3) is 0.750. The maximum atomic E-state index is 11.1. The maximum absolute atomic E-state index is 11.1. The molecule has 2 fully saturated rings. The van der Waals surface area contributed by atoms with Crippen LogP contribution in [0.3, 0.4) is 0 Å². The van der Waals surface area contributed by atoms with Gasteiger partial charge in [-0.2, -0.15) is 0 Å². The van der Waals surface area contributed by atoms with E-state index in [-0.39, 0.29) is 17.0 Å². The molecule has 2 aliphatic rings. The topological polar surface area (TPSA) is 26.3 Å². The summed E-state index contributed by atoms with van der Waals surface area (Å²) in [7, 11) is 0. The molecule has 0 aromatic rings. The Hall–Kier alpha value is -0.790. The van der Waals surface area contributed by atoms with E-state index < -0.39 is 0 Å². The molecular weight excluding hydrogens is 176 g/mol. The summed E-state index contributed by atoms with van der Waals surface area (Å²) in [6, 6.07) is 0. The van der Waals surface area contributed by atoms with Crippen LogP contribution in [0.2, 0.25) is 0 Å². The average molecular weight is 194 g/mol. The van der Waals surface area contributed by atoms with Crippen LogP contribution in [0.4, 0.5) is 0 Å². The number of carbonyl (C=O) groups excluding carboxylic acids is 1. The standard InChI is InChI=1S/C12H18O2/c1-8-11(3,4)10-5-6-12(8,7-10)14-9(2)13/h10H,1,5-7H2,2-4H3. The molecule has 2 bridgehead atoms. The van der Waals surface area contributed by atoms with Gasteiger partial charge < -0.3 is 4.74 Å². The monoisotopic (exact) mass is 194 g/mol. The number of rotatable bonds is 1. The summed E-state index contributed by atoms with van der Waals surface area (Å²) in [5.41, 5.74) is 0.949. The number of carbonyl (C=O) groups is 1. The Kier molecular flexibility index (Phi) is 1.82.